The summed E-state index contributed by atoms with van der Waals surface area (Å²) in [5.74, 6) is 0.660. The number of hydrogen-bond donors (Lipinski definition) is 2. The lowest BCUT2D eigenvalue weighted by molar-refractivity contribution is 0.0837. The van der Waals surface area contributed by atoms with Crippen molar-refractivity contribution in [2.45, 2.75) is 31.7 Å². The highest BCUT2D eigenvalue weighted by molar-refractivity contribution is 5.94. The van der Waals surface area contributed by atoms with Gasteiger partial charge in [0, 0.05) is 6.54 Å². The first kappa shape index (κ1) is 10.2. The van der Waals surface area contributed by atoms with E-state index in [1.807, 2.05) is 6.92 Å². The predicted molar refractivity (Wildman–Crippen MR) is 56.5 cm³/mol. The van der Waals surface area contributed by atoms with Crippen LogP contribution in [-0.4, -0.2) is 18.0 Å². The van der Waals surface area contributed by atoms with Gasteiger partial charge in [0.15, 0.2) is 0 Å². The molecule has 1 heterocycles. The van der Waals surface area contributed by atoms with Gasteiger partial charge in [-0.25, -0.2) is 0 Å². The van der Waals surface area contributed by atoms with E-state index in [9.17, 15) is 4.79 Å². The second-order valence-corrected chi connectivity index (χ2v) is 4.24. The second kappa shape index (κ2) is 3.70. The summed E-state index contributed by atoms with van der Waals surface area (Å²) in [7, 11) is 0. The van der Waals surface area contributed by atoms with E-state index >= 15 is 0 Å². The van der Waals surface area contributed by atoms with Crippen molar-refractivity contribution >= 4 is 5.91 Å². The molecule has 0 bridgehead atoms. The minimum Gasteiger partial charge on any atom is -0.469 e. The monoisotopic (exact) mass is 208 g/mol. The van der Waals surface area contributed by atoms with Gasteiger partial charge in [0.25, 0.3) is 5.91 Å². The summed E-state index contributed by atoms with van der Waals surface area (Å²) in [5, 5.41) is 2.99. The van der Waals surface area contributed by atoms with Crippen LogP contribution in [0.5, 0.6) is 0 Å². The Balaban J connectivity index is 2.03. The van der Waals surface area contributed by atoms with Crippen LogP contribution in [0.15, 0.2) is 16.7 Å². The molecule has 0 saturated heterocycles. The Morgan fingerprint density at radius 1 is 1.67 bits per heavy atom. The lowest BCUT2D eigenvalue weighted by atomic mass is 9.76. The van der Waals surface area contributed by atoms with E-state index in [0.29, 0.717) is 12.1 Å². The van der Waals surface area contributed by atoms with E-state index in [2.05, 4.69) is 5.32 Å². The third-order valence-electron chi connectivity index (χ3n) is 3.07. The SMILES string of the molecule is Cc1cc(C(=O)NC2(CN)CCC2)co1. The molecule has 0 spiro atoms. The van der Waals surface area contributed by atoms with Crippen molar-refractivity contribution in [1.82, 2.24) is 5.32 Å². The zero-order valence-electron chi connectivity index (χ0n) is 8.88. The number of carbonyl (C=O) groups excluding carboxylic acids is 1. The number of nitrogens with one attached hydrogen (secondary N) is 1. The average Bonchev–Trinajstić information content (AvgIpc) is 2.58. The Hall–Kier alpha value is -1.29. The number of amides is 1. The Kier molecular flexibility index (Phi) is 2.52. The van der Waals surface area contributed by atoms with Gasteiger partial charge >= 0.3 is 0 Å². The van der Waals surface area contributed by atoms with Crippen LogP contribution in [0.1, 0.15) is 35.4 Å². The van der Waals surface area contributed by atoms with E-state index in [1.54, 1.807) is 6.07 Å². The van der Waals surface area contributed by atoms with Crippen LogP contribution in [0.3, 0.4) is 0 Å². The molecule has 1 fully saturated rings. The van der Waals surface area contributed by atoms with E-state index in [0.717, 1.165) is 25.0 Å². The van der Waals surface area contributed by atoms with Gasteiger partial charge in [-0.2, -0.15) is 0 Å². The van der Waals surface area contributed by atoms with Crippen molar-refractivity contribution in [3.63, 3.8) is 0 Å². The predicted octanol–water partition coefficient (Wildman–Crippen LogP) is 1.20. The highest BCUT2D eigenvalue weighted by atomic mass is 16.3. The molecule has 2 rings (SSSR count). The average molecular weight is 208 g/mol. The quantitative estimate of drug-likeness (QED) is 0.784. The van der Waals surface area contributed by atoms with Crippen LogP contribution in [0.4, 0.5) is 0 Å². The van der Waals surface area contributed by atoms with Crippen LogP contribution in [0, 0.1) is 6.92 Å². The van der Waals surface area contributed by atoms with Crippen molar-refractivity contribution in [3.8, 4) is 0 Å². The Labute approximate surface area is 88.8 Å². The van der Waals surface area contributed by atoms with Gasteiger partial charge < -0.3 is 15.5 Å². The third kappa shape index (κ3) is 1.90. The summed E-state index contributed by atoms with van der Waals surface area (Å²) in [6, 6.07) is 1.73. The maximum absolute atomic E-state index is 11.8. The molecule has 15 heavy (non-hydrogen) atoms. The molecule has 0 unspecified atom stereocenters. The molecular weight excluding hydrogens is 192 g/mol. The Morgan fingerprint density at radius 3 is 2.80 bits per heavy atom. The molecule has 1 aliphatic rings. The standard InChI is InChI=1S/C11H16N2O2/c1-8-5-9(6-15-8)10(14)13-11(7-12)3-2-4-11/h5-6H,2-4,7,12H2,1H3,(H,13,14). The minimum absolute atomic E-state index is 0.0861. The molecule has 4 heteroatoms. The normalized spacial score (nSPS) is 18.3. The highest BCUT2D eigenvalue weighted by Gasteiger charge is 2.37. The summed E-state index contributed by atoms with van der Waals surface area (Å²) in [4.78, 5) is 11.8. The van der Waals surface area contributed by atoms with Gasteiger partial charge in [-0.05, 0) is 32.3 Å². The van der Waals surface area contributed by atoms with E-state index in [1.165, 1.54) is 6.26 Å². The minimum atomic E-state index is -0.164. The van der Waals surface area contributed by atoms with Crippen molar-refractivity contribution in [2.75, 3.05) is 6.54 Å². The first-order valence-corrected chi connectivity index (χ1v) is 5.23. The number of hydrogen-bond acceptors (Lipinski definition) is 3. The Bertz CT molecular complexity index is 361. The van der Waals surface area contributed by atoms with Gasteiger partial charge in [0.05, 0.1) is 11.1 Å². The van der Waals surface area contributed by atoms with Crippen LogP contribution in [0.2, 0.25) is 0 Å². The zero-order valence-corrected chi connectivity index (χ0v) is 8.88. The van der Waals surface area contributed by atoms with Gasteiger partial charge in [0.1, 0.15) is 12.0 Å². The molecular formula is C11H16N2O2. The first-order valence-electron chi connectivity index (χ1n) is 5.23. The second-order valence-electron chi connectivity index (χ2n) is 4.24. The van der Waals surface area contributed by atoms with Crippen molar-refractivity contribution in [1.29, 1.82) is 0 Å². The van der Waals surface area contributed by atoms with Gasteiger partial charge in [-0.1, -0.05) is 0 Å². The molecule has 1 aliphatic carbocycles. The number of furan rings is 1. The summed E-state index contributed by atoms with van der Waals surface area (Å²) < 4.78 is 5.09. The largest absolute Gasteiger partial charge is 0.469 e. The molecule has 0 atom stereocenters. The third-order valence-corrected chi connectivity index (χ3v) is 3.07. The summed E-state index contributed by atoms with van der Waals surface area (Å²) in [6.45, 7) is 2.33. The van der Waals surface area contributed by atoms with E-state index in [4.69, 9.17) is 10.2 Å². The highest BCUT2D eigenvalue weighted by Crippen LogP contribution is 2.30. The molecule has 1 amide bonds. The van der Waals surface area contributed by atoms with Gasteiger partial charge in [-0.3, -0.25) is 4.79 Å². The van der Waals surface area contributed by atoms with Crippen LogP contribution >= 0.6 is 0 Å². The zero-order chi connectivity index (χ0) is 10.9. The fraction of sp³-hybridized carbons (Fsp3) is 0.545. The number of rotatable bonds is 3. The van der Waals surface area contributed by atoms with Crippen LogP contribution in [-0.2, 0) is 0 Å². The molecule has 1 aromatic heterocycles. The summed E-state index contributed by atoms with van der Waals surface area (Å²) in [5.41, 5.74) is 6.07. The maximum Gasteiger partial charge on any atom is 0.255 e. The lowest BCUT2D eigenvalue weighted by Gasteiger charge is -2.41. The van der Waals surface area contributed by atoms with Crippen molar-refractivity contribution in [3.05, 3.63) is 23.7 Å². The van der Waals surface area contributed by atoms with Crippen LogP contribution in [0.25, 0.3) is 0 Å². The molecule has 3 N–H and O–H groups in total. The number of carbonyl (C=O) groups is 1. The van der Waals surface area contributed by atoms with Gasteiger partial charge in [-0.15, -0.1) is 0 Å². The fourth-order valence-corrected chi connectivity index (χ4v) is 1.86. The van der Waals surface area contributed by atoms with Crippen molar-refractivity contribution < 1.29 is 9.21 Å². The Morgan fingerprint density at radius 2 is 2.40 bits per heavy atom. The summed E-state index contributed by atoms with van der Waals surface area (Å²) >= 11 is 0. The molecule has 82 valence electrons. The fourth-order valence-electron chi connectivity index (χ4n) is 1.86. The molecule has 0 aromatic carbocycles. The first-order chi connectivity index (χ1) is 7.15. The van der Waals surface area contributed by atoms with Gasteiger partial charge in [0.2, 0.25) is 0 Å². The molecule has 1 saturated carbocycles. The maximum atomic E-state index is 11.8. The molecule has 4 nitrogen and oxygen atoms in total. The van der Waals surface area contributed by atoms with E-state index in [-0.39, 0.29) is 11.4 Å². The summed E-state index contributed by atoms with van der Waals surface area (Å²) in [6.07, 6.45) is 4.58. The number of nitrogens with two attached hydrogens (primary N) is 1. The van der Waals surface area contributed by atoms with Crippen molar-refractivity contribution in [2.24, 2.45) is 5.73 Å². The smallest absolute Gasteiger partial charge is 0.255 e. The number of aryl methyl sites for hydroxylation is 1. The lowest BCUT2D eigenvalue weighted by Crippen LogP contribution is -2.58. The topological polar surface area (TPSA) is 68.3 Å². The van der Waals surface area contributed by atoms with Crippen LogP contribution < -0.4 is 11.1 Å². The molecule has 0 aliphatic heterocycles. The van der Waals surface area contributed by atoms with E-state index < -0.39 is 0 Å². The molecule has 0 radical (unpaired) electrons. The molecule has 1 aromatic rings.